The third-order valence-electron chi connectivity index (χ3n) is 6.53. The van der Waals surface area contributed by atoms with Crippen LogP contribution < -0.4 is 29.6 Å². The van der Waals surface area contributed by atoms with E-state index < -0.39 is 6.03 Å². The van der Waals surface area contributed by atoms with E-state index in [1.165, 1.54) is 7.11 Å². The SMILES string of the molecule is COc1cc(Oc2ccnc3cc(OC)c(OC)cc23)ccc1NC(=O)Nc1nc(C(C)(C)C)[nH]c1-c1cccnc1Cl. The first-order valence-corrected chi connectivity index (χ1v) is 13.6. The van der Waals surface area contributed by atoms with Crippen LogP contribution in [-0.2, 0) is 5.41 Å². The number of ether oxygens (including phenoxy) is 4. The number of halogens is 1. The average Bonchev–Trinajstić information content (AvgIpc) is 3.41. The number of imidazole rings is 1. The minimum atomic E-state index is -0.527. The molecule has 3 aromatic heterocycles. The number of pyridine rings is 2. The van der Waals surface area contributed by atoms with Gasteiger partial charge in [-0.1, -0.05) is 32.4 Å². The summed E-state index contributed by atoms with van der Waals surface area (Å²) in [5.74, 6) is 3.54. The van der Waals surface area contributed by atoms with E-state index in [0.717, 1.165) is 5.39 Å². The van der Waals surface area contributed by atoms with Gasteiger partial charge in [0.1, 0.15) is 28.2 Å². The first-order valence-electron chi connectivity index (χ1n) is 13.3. The van der Waals surface area contributed by atoms with E-state index in [9.17, 15) is 4.79 Å². The minimum Gasteiger partial charge on any atom is -0.494 e. The van der Waals surface area contributed by atoms with Crippen LogP contribution in [0.4, 0.5) is 16.3 Å². The van der Waals surface area contributed by atoms with Gasteiger partial charge in [0, 0.05) is 40.9 Å². The maximum absolute atomic E-state index is 13.2. The highest BCUT2D eigenvalue weighted by Gasteiger charge is 2.24. The number of carbonyl (C=O) groups excluding carboxylic acids is 1. The number of fused-ring (bicyclic) bond motifs is 1. The van der Waals surface area contributed by atoms with Crippen LogP contribution >= 0.6 is 11.6 Å². The number of nitrogens with one attached hydrogen (secondary N) is 3. The summed E-state index contributed by atoms with van der Waals surface area (Å²) in [6.45, 7) is 6.04. The number of aromatic nitrogens is 4. The normalized spacial score (nSPS) is 11.2. The molecule has 0 saturated heterocycles. The van der Waals surface area contributed by atoms with Gasteiger partial charge in [0.25, 0.3) is 0 Å². The Morgan fingerprint density at radius 2 is 1.60 bits per heavy atom. The Morgan fingerprint density at radius 1 is 0.860 bits per heavy atom. The Hall–Kier alpha value is -5.03. The van der Waals surface area contributed by atoms with Crippen LogP contribution in [0.3, 0.4) is 0 Å². The van der Waals surface area contributed by atoms with Gasteiger partial charge in [0.05, 0.1) is 38.2 Å². The van der Waals surface area contributed by atoms with Crippen LogP contribution in [0.5, 0.6) is 28.7 Å². The summed E-state index contributed by atoms with van der Waals surface area (Å²) in [5.41, 5.74) is 1.95. The molecular formula is C31H31ClN6O5. The molecule has 222 valence electrons. The lowest BCUT2D eigenvalue weighted by Crippen LogP contribution is -2.21. The van der Waals surface area contributed by atoms with Crippen molar-refractivity contribution in [2.45, 2.75) is 26.2 Å². The van der Waals surface area contributed by atoms with Gasteiger partial charge in [-0.25, -0.2) is 14.8 Å². The Morgan fingerprint density at radius 3 is 2.30 bits per heavy atom. The molecule has 11 nitrogen and oxygen atoms in total. The molecule has 0 aliphatic rings. The molecule has 0 fully saturated rings. The van der Waals surface area contributed by atoms with Gasteiger partial charge in [-0.05, 0) is 36.4 Å². The maximum Gasteiger partial charge on any atom is 0.325 e. The summed E-state index contributed by atoms with van der Waals surface area (Å²) >= 11 is 6.36. The number of hydrogen-bond acceptors (Lipinski definition) is 8. The second kappa shape index (κ2) is 12.1. The molecule has 0 radical (unpaired) electrons. The Balaban J connectivity index is 1.39. The molecule has 0 saturated carbocycles. The number of benzene rings is 2. The van der Waals surface area contributed by atoms with Gasteiger partial charge in [-0.15, -0.1) is 0 Å². The number of anilines is 2. The topological polar surface area (TPSA) is 133 Å². The number of H-pyrrole nitrogens is 1. The predicted molar refractivity (Wildman–Crippen MR) is 166 cm³/mol. The standard InChI is InChI=1S/C31H31ClN6O5/c1-31(2,3)29-36-26(18-8-7-12-34-27(18)32)28(37-29)38-30(39)35-20-10-9-17(14-23(20)40-4)43-22-11-13-33-21-16-25(42-6)24(41-5)15-19(21)22/h7-16H,1-6H3,(H,36,37)(H2,35,38,39). The summed E-state index contributed by atoms with van der Waals surface area (Å²) in [4.78, 5) is 29.7. The quantitative estimate of drug-likeness (QED) is 0.156. The Bertz CT molecular complexity index is 1800. The molecule has 2 aromatic carbocycles. The first kappa shape index (κ1) is 29.5. The van der Waals surface area contributed by atoms with Crippen molar-refractivity contribution in [3.63, 3.8) is 0 Å². The van der Waals surface area contributed by atoms with Crippen molar-refractivity contribution in [2.24, 2.45) is 0 Å². The third kappa shape index (κ3) is 6.26. The molecule has 5 rings (SSSR count). The zero-order valence-corrected chi connectivity index (χ0v) is 25.3. The number of nitrogens with zero attached hydrogens (tertiary/aromatic N) is 3. The number of hydrogen-bond donors (Lipinski definition) is 3. The molecule has 0 bridgehead atoms. The van der Waals surface area contributed by atoms with Crippen LogP contribution in [-0.4, -0.2) is 47.3 Å². The van der Waals surface area contributed by atoms with Crippen molar-refractivity contribution >= 4 is 40.0 Å². The number of carbonyl (C=O) groups is 1. The van der Waals surface area contributed by atoms with E-state index in [1.54, 1.807) is 75.1 Å². The van der Waals surface area contributed by atoms with Gasteiger partial charge in [-0.3, -0.25) is 10.3 Å². The fourth-order valence-electron chi connectivity index (χ4n) is 4.35. The Labute approximate surface area is 253 Å². The summed E-state index contributed by atoms with van der Waals surface area (Å²) in [6, 6.07) is 13.5. The number of urea groups is 1. The summed E-state index contributed by atoms with van der Waals surface area (Å²) < 4.78 is 22.6. The van der Waals surface area contributed by atoms with Crippen molar-refractivity contribution in [3.8, 4) is 40.0 Å². The van der Waals surface area contributed by atoms with Crippen LogP contribution in [0, 0.1) is 0 Å². The molecular weight excluding hydrogens is 572 g/mol. The lowest BCUT2D eigenvalue weighted by molar-refractivity contribution is 0.262. The molecule has 0 atom stereocenters. The molecule has 0 aliphatic heterocycles. The molecule has 5 aromatic rings. The zero-order chi connectivity index (χ0) is 30.7. The van der Waals surface area contributed by atoms with Crippen LogP contribution in [0.2, 0.25) is 5.15 Å². The van der Waals surface area contributed by atoms with Crippen LogP contribution in [0.25, 0.3) is 22.2 Å². The van der Waals surface area contributed by atoms with Crippen molar-refractivity contribution < 1.29 is 23.7 Å². The van der Waals surface area contributed by atoms with E-state index in [4.69, 9.17) is 30.5 Å². The van der Waals surface area contributed by atoms with Gasteiger partial charge < -0.3 is 29.2 Å². The second-order valence-electron chi connectivity index (χ2n) is 10.5. The minimum absolute atomic E-state index is 0.284. The molecule has 2 amide bonds. The summed E-state index contributed by atoms with van der Waals surface area (Å²) in [5, 5.41) is 6.67. The molecule has 3 N–H and O–H groups in total. The van der Waals surface area contributed by atoms with Crippen molar-refractivity contribution in [3.05, 3.63) is 71.9 Å². The fourth-order valence-corrected chi connectivity index (χ4v) is 4.56. The van der Waals surface area contributed by atoms with Gasteiger partial charge in [-0.2, -0.15) is 0 Å². The van der Waals surface area contributed by atoms with Crippen molar-refractivity contribution in [1.29, 1.82) is 0 Å². The third-order valence-corrected chi connectivity index (χ3v) is 6.83. The highest BCUT2D eigenvalue weighted by Crippen LogP contribution is 2.39. The smallest absolute Gasteiger partial charge is 0.325 e. The molecule has 43 heavy (non-hydrogen) atoms. The zero-order valence-electron chi connectivity index (χ0n) is 24.5. The van der Waals surface area contributed by atoms with Crippen molar-refractivity contribution in [2.75, 3.05) is 32.0 Å². The summed E-state index contributed by atoms with van der Waals surface area (Å²) in [6.07, 6.45) is 3.24. The number of aromatic amines is 1. The van der Waals surface area contributed by atoms with E-state index >= 15 is 0 Å². The monoisotopic (exact) mass is 602 g/mol. The molecule has 0 aliphatic carbocycles. The highest BCUT2D eigenvalue weighted by molar-refractivity contribution is 6.32. The molecule has 0 spiro atoms. The van der Waals surface area contributed by atoms with Crippen LogP contribution in [0.15, 0.2) is 60.9 Å². The maximum atomic E-state index is 13.2. The lowest BCUT2D eigenvalue weighted by Gasteiger charge is -2.15. The first-order chi connectivity index (χ1) is 20.6. The summed E-state index contributed by atoms with van der Waals surface area (Å²) in [7, 11) is 4.64. The lowest BCUT2D eigenvalue weighted by atomic mass is 9.96. The van der Waals surface area contributed by atoms with E-state index in [1.807, 2.05) is 20.8 Å². The number of methoxy groups -OCH3 is 3. The van der Waals surface area contributed by atoms with Gasteiger partial charge in [0.2, 0.25) is 0 Å². The predicted octanol–water partition coefficient (Wildman–Crippen LogP) is 7.43. The van der Waals surface area contributed by atoms with Crippen molar-refractivity contribution in [1.82, 2.24) is 19.9 Å². The molecule has 3 heterocycles. The fraction of sp³-hybridized carbons (Fsp3) is 0.226. The number of rotatable bonds is 8. The van der Waals surface area contributed by atoms with E-state index in [0.29, 0.717) is 62.9 Å². The Kier molecular flexibility index (Phi) is 8.27. The van der Waals surface area contributed by atoms with Gasteiger partial charge >= 0.3 is 6.03 Å². The van der Waals surface area contributed by atoms with E-state index in [-0.39, 0.29) is 10.6 Å². The molecule has 0 unspecified atom stereocenters. The second-order valence-corrected chi connectivity index (χ2v) is 10.8. The molecule has 12 heteroatoms. The highest BCUT2D eigenvalue weighted by atomic mass is 35.5. The van der Waals surface area contributed by atoms with Gasteiger partial charge in [0.15, 0.2) is 17.3 Å². The van der Waals surface area contributed by atoms with E-state index in [2.05, 4.69) is 30.6 Å². The van der Waals surface area contributed by atoms with Crippen LogP contribution in [0.1, 0.15) is 26.6 Å². The largest absolute Gasteiger partial charge is 0.494 e. The average molecular weight is 603 g/mol. The number of amides is 2.